The Balaban J connectivity index is 1.98. The highest BCUT2D eigenvalue weighted by molar-refractivity contribution is 6.08. The molecular weight excluding hydrogens is 368 g/mol. The summed E-state index contributed by atoms with van der Waals surface area (Å²) >= 11 is 0. The number of nitrogens with zero attached hydrogens (tertiary/aromatic N) is 2. The third kappa shape index (κ3) is 3.63. The third-order valence-corrected chi connectivity index (χ3v) is 3.93. The number of oxime groups is 1. The number of fused-ring (bicyclic) bond motifs is 1. The van der Waals surface area contributed by atoms with E-state index in [-0.39, 0.29) is 17.0 Å². The second-order valence-electron chi connectivity index (χ2n) is 5.67. The zero-order valence-electron chi connectivity index (χ0n) is 15.3. The van der Waals surface area contributed by atoms with E-state index in [1.165, 1.54) is 38.5 Å². The van der Waals surface area contributed by atoms with Gasteiger partial charge in [-0.05, 0) is 37.3 Å². The van der Waals surface area contributed by atoms with Crippen LogP contribution in [-0.2, 0) is 4.84 Å². The number of benzene rings is 2. The number of ether oxygens (including phenoxy) is 2. The minimum absolute atomic E-state index is 0.0981. The molecule has 0 atom stereocenters. The Morgan fingerprint density at radius 1 is 1.14 bits per heavy atom. The number of methoxy groups -OCH3 is 1. The van der Waals surface area contributed by atoms with Gasteiger partial charge in [0.15, 0.2) is 17.1 Å². The molecule has 0 aliphatic carbocycles. The minimum atomic E-state index is -0.643. The lowest BCUT2D eigenvalue weighted by Gasteiger charge is -2.07. The van der Waals surface area contributed by atoms with Crippen LogP contribution in [0.25, 0.3) is 11.0 Å². The number of hydrogen-bond donors (Lipinski definition) is 0. The van der Waals surface area contributed by atoms with Crippen LogP contribution in [-0.4, -0.2) is 30.8 Å². The van der Waals surface area contributed by atoms with E-state index in [0.717, 1.165) is 0 Å². The molecule has 0 fully saturated rings. The van der Waals surface area contributed by atoms with Crippen molar-refractivity contribution in [2.45, 2.75) is 6.92 Å². The summed E-state index contributed by atoms with van der Waals surface area (Å²) in [5.74, 6) is 0.389. The molecule has 9 nitrogen and oxygen atoms in total. The summed E-state index contributed by atoms with van der Waals surface area (Å²) in [5, 5.41) is 15.0. The van der Waals surface area contributed by atoms with E-state index in [4.69, 9.17) is 18.7 Å². The predicted octanol–water partition coefficient (Wildman–Crippen LogP) is 3.94. The Hall–Kier alpha value is -3.88. The lowest BCUT2D eigenvalue weighted by atomic mass is 10.1. The van der Waals surface area contributed by atoms with Crippen molar-refractivity contribution in [3.63, 3.8) is 0 Å². The van der Waals surface area contributed by atoms with E-state index in [1.807, 2.05) is 0 Å². The number of rotatable bonds is 6. The van der Waals surface area contributed by atoms with Crippen molar-refractivity contribution < 1.29 is 28.4 Å². The molecule has 1 heterocycles. The molecule has 0 spiro atoms. The first-order chi connectivity index (χ1) is 13.4. The molecule has 0 N–H and O–H groups in total. The molecule has 0 aliphatic rings. The summed E-state index contributed by atoms with van der Waals surface area (Å²) in [5.41, 5.74) is 0.991. The van der Waals surface area contributed by atoms with Crippen LogP contribution in [0.3, 0.4) is 0 Å². The summed E-state index contributed by atoms with van der Waals surface area (Å²) in [6, 6.07) is 10.0. The van der Waals surface area contributed by atoms with E-state index < -0.39 is 10.9 Å². The van der Waals surface area contributed by atoms with E-state index >= 15 is 0 Å². The number of carbonyl (C=O) groups excluding carboxylic acids is 1. The number of carbonyl (C=O) groups is 1. The normalized spacial score (nSPS) is 11.3. The molecule has 0 aliphatic heterocycles. The largest absolute Gasteiger partial charge is 0.493 e. The maximum absolute atomic E-state index is 12.7. The molecular formula is C19H16N2O7. The SMILES string of the molecule is CON=C(C)c1cc2c(C(=O)Oc3ccc([N+](=O)[O-])cc3)ccc(OC)c2o1. The third-order valence-electron chi connectivity index (χ3n) is 3.93. The standard InChI is InChI=1S/C19H16N2O7/c1-11(20-26-3)17-10-15-14(8-9-16(25-2)18(15)28-17)19(22)27-13-6-4-12(5-7-13)21(23)24/h4-10H,1-3H3. The van der Waals surface area contributed by atoms with Gasteiger partial charge in [0.05, 0.1) is 17.6 Å². The second kappa shape index (κ2) is 7.78. The van der Waals surface area contributed by atoms with Crippen molar-refractivity contribution in [3.05, 3.63) is 63.9 Å². The fraction of sp³-hybridized carbons (Fsp3) is 0.158. The summed E-state index contributed by atoms with van der Waals surface area (Å²) in [7, 11) is 2.90. The summed E-state index contributed by atoms with van der Waals surface area (Å²) in [6.45, 7) is 1.70. The van der Waals surface area contributed by atoms with Gasteiger partial charge in [0, 0.05) is 17.5 Å². The van der Waals surface area contributed by atoms with Crippen molar-refractivity contribution in [1.29, 1.82) is 0 Å². The first kappa shape index (κ1) is 18.9. The van der Waals surface area contributed by atoms with Crippen LogP contribution in [0.15, 0.2) is 52.0 Å². The van der Waals surface area contributed by atoms with Gasteiger partial charge in [0.25, 0.3) is 5.69 Å². The molecule has 2 aromatic carbocycles. The highest BCUT2D eigenvalue weighted by Crippen LogP contribution is 2.32. The predicted molar refractivity (Wildman–Crippen MR) is 100 cm³/mol. The van der Waals surface area contributed by atoms with E-state index in [0.29, 0.717) is 28.2 Å². The number of esters is 1. The van der Waals surface area contributed by atoms with Gasteiger partial charge < -0.3 is 18.7 Å². The zero-order chi connectivity index (χ0) is 20.3. The van der Waals surface area contributed by atoms with Crippen LogP contribution >= 0.6 is 0 Å². The second-order valence-corrected chi connectivity index (χ2v) is 5.67. The van der Waals surface area contributed by atoms with Crippen LogP contribution in [0.2, 0.25) is 0 Å². The number of hydrogen-bond acceptors (Lipinski definition) is 8. The lowest BCUT2D eigenvalue weighted by Crippen LogP contribution is -2.09. The molecule has 0 saturated heterocycles. The molecule has 3 aromatic rings. The Kier molecular flexibility index (Phi) is 5.25. The van der Waals surface area contributed by atoms with Crippen molar-refractivity contribution >= 4 is 28.3 Å². The van der Waals surface area contributed by atoms with Crippen LogP contribution in [0, 0.1) is 10.1 Å². The fourth-order valence-electron chi connectivity index (χ4n) is 2.60. The number of nitro groups is 1. The quantitative estimate of drug-likeness (QED) is 0.208. The number of non-ortho nitro benzene ring substituents is 1. The molecule has 0 radical (unpaired) electrons. The van der Waals surface area contributed by atoms with Gasteiger partial charge in [-0.25, -0.2) is 4.79 Å². The Morgan fingerprint density at radius 3 is 2.46 bits per heavy atom. The summed E-state index contributed by atoms with van der Waals surface area (Å²) in [6.07, 6.45) is 0. The van der Waals surface area contributed by atoms with Crippen LogP contribution in [0.4, 0.5) is 5.69 Å². The van der Waals surface area contributed by atoms with Crippen molar-refractivity contribution in [1.82, 2.24) is 0 Å². The first-order valence-electron chi connectivity index (χ1n) is 8.10. The maximum Gasteiger partial charge on any atom is 0.344 e. The molecule has 9 heteroatoms. The van der Waals surface area contributed by atoms with Gasteiger partial charge in [-0.3, -0.25) is 10.1 Å². The van der Waals surface area contributed by atoms with Crippen LogP contribution in [0.5, 0.6) is 11.5 Å². The van der Waals surface area contributed by atoms with E-state index in [2.05, 4.69) is 5.16 Å². The number of nitro benzene ring substituents is 1. The highest BCUT2D eigenvalue weighted by Gasteiger charge is 2.20. The van der Waals surface area contributed by atoms with Gasteiger partial charge in [-0.1, -0.05) is 5.16 Å². The van der Waals surface area contributed by atoms with Crippen LogP contribution < -0.4 is 9.47 Å². The van der Waals surface area contributed by atoms with E-state index in [1.54, 1.807) is 25.1 Å². The van der Waals surface area contributed by atoms with Crippen molar-refractivity contribution in [3.8, 4) is 11.5 Å². The molecule has 3 rings (SSSR count). The highest BCUT2D eigenvalue weighted by atomic mass is 16.6. The molecule has 144 valence electrons. The summed E-state index contributed by atoms with van der Waals surface area (Å²) in [4.78, 5) is 27.6. The molecule has 0 unspecified atom stereocenters. The minimum Gasteiger partial charge on any atom is -0.493 e. The van der Waals surface area contributed by atoms with Gasteiger partial charge in [0.2, 0.25) is 0 Å². The van der Waals surface area contributed by atoms with Gasteiger partial charge in [-0.15, -0.1) is 0 Å². The molecule has 0 amide bonds. The Labute approximate surface area is 159 Å². The molecule has 1 aromatic heterocycles. The average Bonchev–Trinajstić information content (AvgIpc) is 3.13. The van der Waals surface area contributed by atoms with Gasteiger partial charge in [0.1, 0.15) is 18.6 Å². The number of furan rings is 1. The maximum atomic E-state index is 12.7. The van der Waals surface area contributed by atoms with Gasteiger partial charge in [-0.2, -0.15) is 0 Å². The first-order valence-corrected chi connectivity index (χ1v) is 8.10. The smallest absolute Gasteiger partial charge is 0.344 e. The van der Waals surface area contributed by atoms with Gasteiger partial charge >= 0.3 is 5.97 Å². The van der Waals surface area contributed by atoms with Crippen LogP contribution in [0.1, 0.15) is 23.0 Å². The lowest BCUT2D eigenvalue weighted by molar-refractivity contribution is -0.384. The van der Waals surface area contributed by atoms with Crippen molar-refractivity contribution in [2.75, 3.05) is 14.2 Å². The fourth-order valence-corrected chi connectivity index (χ4v) is 2.60. The zero-order valence-corrected chi connectivity index (χ0v) is 15.3. The Morgan fingerprint density at radius 2 is 1.86 bits per heavy atom. The topological polar surface area (TPSA) is 113 Å². The van der Waals surface area contributed by atoms with E-state index in [9.17, 15) is 14.9 Å². The Bertz CT molecular complexity index is 1070. The summed E-state index contributed by atoms with van der Waals surface area (Å²) < 4.78 is 16.4. The van der Waals surface area contributed by atoms with Crippen molar-refractivity contribution in [2.24, 2.45) is 5.16 Å². The molecule has 0 bridgehead atoms. The molecule has 0 saturated carbocycles. The average molecular weight is 384 g/mol. The monoisotopic (exact) mass is 384 g/mol. The molecule has 28 heavy (non-hydrogen) atoms.